The van der Waals surface area contributed by atoms with Gasteiger partial charge in [0.2, 0.25) is 5.91 Å². The number of ether oxygens (including phenoxy) is 1. The number of thiophene rings is 1. The fraction of sp³-hybridized carbons (Fsp3) is 0.304. The number of carbonyl (C=O) groups excluding carboxylic acids is 2. The zero-order valence-corrected chi connectivity index (χ0v) is 20.4. The van der Waals surface area contributed by atoms with Gasteiger partial charge < -0.3 is 9.64 Å². The summed E-state index contributed by atoms with van der Waals surface area (Å²) in [5.41, 5.74) is -0.962. The monoisotopic (exact) mass is 512 g/mol. The van der Waals surface area contributed by atoms with Crippen LogP contribution in [0.15, 0.2) is 40.2 Å². The molecule has 1 fully saturated rings. The molecule has 186 valence electrons. The average Bonchev–Trinajstić information content (AvgIpc) is 3.58. The molecular weight excluding hydrogens is 491 g/mol. The fourth-order valence-corrected chi connectivity index (χ4v) is 5.66. The van der Waals surface area contributed by atoms with Crippen LogP contribution in [-0.2, 0) is 11.3 Å². The van der Waals surface area contributed by atoms with Crippen LogP contribution in [-0.4, -0.2) is 61.4 Å². The van der Waals surface area contributed by atoms with Gasteiger partial charge in [0.15, 0.2) is 5.78 Å². The number of carbonyl (C=O) groups is 2. The number of likely N-dealkylation sites (tertiary alicyclic amines) is 1. The molecule has 1 aliphatic rings. The van der Waals surface area contributed by atoms with E-state index in [-0.39, 0.29) is 33.9 Å². The van der Waals surface area contributed by atoms with Crippen LogP contribution in [0.1, 0.15) is 28.4 Å². The summed E-state index contributed by atoms with van der Waals surface area (Å²) in [4.78, 5) is 56.4. The normalized spacial score (nSPS) is 15.7. The highest BCUT2D eigenvalue weighted by atomic mass is 32.1. The molecular formula is C23H21FN6O5S. The van der Waals surface area contributed by atoms with Gasteiger partial charge in [0.25, 0.3) is 5.56 Å². The first-order valence-corrected chi connectivity index (χ1v) is 11.8. The van der Waals surface area contributed by atoms with Gasteiger partial charge >= 0.3 is 5.69 Å². The van der Waals surface area contributed by atoms with E-state index in [0.717, 1.165) is 32.6 Å². The van der Waals surface area contributed by atoms with Gasteiger partial charge in [-0.25, -0.2) is 13.8 Å². The number of aryl methyl sites for hydroxylation is 1. The Balaban J connectivity index is 1.76. The summed E-state index contributed by atoms with van der Waals surface area (Å²) < 4.78 is 21.2. The van der Waals surface area contributed by atoms with E-state index in [1.807, 2.05) is 0 Å². The number of fused-ring (bicyclic) bond motifs is 1. The molecule has 1 aliphatic heterocycles. The number of hydrogen-bond acceptors (Lipinski definition) is 8. The number of Topliss-reactive ketones (excluding diaryl/α,β-unsaturated/α-hetero) is 1. The van der Waals surface area contributed by atoms with Crippen LogP contribution in [0.5, 0.6) is 5.75 Å². The van der Waals surface area contributed by atoms with Crippen molar-refractivity contribution < 1.29 is 18.7 Å². The Bertz CT molecular complexity index is 1640. The molecule has 4 aromatic rings. The lowest BCUT2D eigenvalue weighted by Gasteiger charge is -2.16. The van der Waals surface area contributed by atoms with Gasteiger partial charge in [-0.05, 0) is 31.5 Å². The predicted octanol–water partition coefficient (Wildman–Crippen LogP) is 1.55. The number of aromatic nitrogens is 5. The number of likely N-dealkylation sites (N-methyl/N-ethyl adjacent to an activating group) is 1. The van der Waals surface area contributed by atoms with E-state index in [2.05, 4.69) is 10.2 Å². The first-order valence-electron chi connectivity index (χ1n) is 11.0. The number of methoxy groups -OCH3 is 1. The van der Waals surface area contributed by atoms with Crippen molar-refractivity contribution in [1.82, 2.24) is 29.0 Å². The van der Waals surface area contributed by atoms with Crippen LogP contribution in [0.25, 0.3) is 15.2 Å². The summed E-state index contributed by atoms with van der Waals surface area (Å²) in [5, 5.41) is 8.92. The molecule has 0 N–H and O–H groups in total. The molecule has 4 heterocycles. The minimum Gasteiger partial charge on any atom is -0.496 e. The molecule has 11 nitrogen and oxygen atoms in total. The average molecular weight is 513 g/mol. The van der Waals surface area contributed by atoms with Crippen LogP contribution >= 0.6 is 11.3 Å². The Labute approximate surface area is 206 Å². The number of amides is 1. The predicted molar refractivity (Wildman–Crippen MR) is 129 cm³/mol. The third kappa shape index (κ3) is 3.63. The number of nitrogens with zero attached hydrogens (tertiary/aromatic N) is 6. The van der Waals surface area contributed by atoms with Crippen molar-refractivity contribution in [3.63, 3.8) is 0 Å². The Morgan fingerprint density at radius 2 is 1.94 bits per heavy atom. The Kier molecular flexibility index (Phi) is 5.79. The molecule has 0 aliphatic carbocycles. The first-order chi connectivity index (χ1) is 17.2. The summed E-state index contributed by atoms with van der Waals surface area (Å²) in [6.07, 6.45) is 3.22. The lowest BCUT2D eigenvalue weighted by molar-refractivity contribution is -0.129. The maximum Gasteiger partial charge on any atom is 0.333 e. The second-order valence-electron chi connectivity index (χ2n) is 8.41. The van der Waals surface area contributed by atoms with E-state index in [1.165, 1.54) is 35.3 Å². The van der Waals surface area contributed by atoms with E-state index >= 15 is 0 Å². The molecule has 0 bridgehead atoms. The van der Waals surface area contributed by atoms with Crippen molar-refractivity contribution in [2.24, 2.45) is 0 Å². The van der Waals surface area contributed by atoms with E-state index in [4.69, 9.17) is 4.74 Å². The van der Waals surface area contributed by atoms with Gasteiger partial charge in [-0.15, -0.1) is 4.80 Å². The second kappa shape index (κ2) is 8.82. The topological polar surface area (TPSA) is 121 Å². The van der Waals surface area contributed by atoms with Crippen molar-refractivity contribution in [2.45, 2.75) is 25.9 Å². The van der Waals surface area contributed by atoms with Crippen molar-refractivity contribution in [3.05, 3.63) is 68.4 Å². The molecule has 0 radical (unpaired) electrons. The zero-order chi connectivity index (χ0) is 25.7. The Morgan fingerprint density at radius 1 is 1.22 bits per heavy atom. The number of benzene rings is 1. The van der Waals surface area contributed by atoms with E-state index in [9.17, 15) is 23.6 Å². The van der Waals surface area contributed by atoms with Crippen molar-refractivity contribution in [1.29, 1.82) is 0 Å². The minimum atomic E-state index is -0.991. The maximum atomic E-state index is 14.0. The molecule has 0 unspecified atom stereocenters. The summed E-state index contributed by atoms with van der Waals surface area (Å²) >= 11 is 1.07. The molecule has 1 aromatic carbocycles. The summed E-state index contributed by atoms with van der Waals surface area (Å²) in [6, 6.07) is 2.53. The summed E-state index contributed by atoms with van der Waals surface area (Å²) in [6.45, 7) is 1.58. The molecule has 5 rings (SSSR count). The SMILES string of the molecule is COc1ccc(F)cc1C(=O)Cn1c(=O)n([C@H]2CCN(C)C2=O)c(=O)c2c(C)c(-n3nccn3)sc21. The highest BCUT2D eigenvalue weighted by Gasteiger charge is 2.35. The molecule has 0 spiro atoms. The van der Waals surface area contributed by atoms with Crippen LogP contribution in [0.4, 0.5) is 4.39 Å². The Morgan fingerprint density at radius 3 is 2.58 bits per heavy atom. The van der Waals surface area contributed by atoms with Gasteiger partial charge in [-0.2, -0.15) is 10.2 Å². The number of rotatable bonds is 6. The molecule has 1 atom stereocenters. The minimum absolute atomic E-state index is 0.0470. The molecule has 3 aromatic heterocycles. The van der Waals surface area contributed by atoms with Crippen LogP contribution in [0.2, 0.25) is 0 Å². The smallest absolute Gasteiger partial charge is 0.333 e. The van der Waals surface area contributed by atoms with E-state index in [0.29, 0.717) is 17.1 Å². The molecule has 13 heteroatoms. The molecule has 0 saturated carbocycles. The highest BCUT2D eigenvalue weighted by molar-refractivity contribution is 7.21. The third-order valence-corrected chi connectivity index (χ3v) is 7.57. The van der Waals surface area contributed by atoms with Crippen LogP contribution < -0.4 is 16.0 Å². The van der Waals surface area contributed by atoms with E-state index < -0.39 is 35.4 Å². The zero-order valence-electron chi connectivity index (χ0n) is 19.6. The number of halogens is 1. The first kappa shape index (κ1) is 23.6. The Hall–Kier alpha value is -4.13. The van der Waals surface area contributed by atoms with Gasteiger partial charge in [-0.1, -0.05) is 11.3 Å². The molecule has 36 heavy (non-hydrogen) atoms. The van der Waals surface area contributed by atoms with E-state index in [1.54, 1.807) is 14.0 Å². The van der Waals surface area contributed by atoms with Crippen molar-refractivity contribution in [2.75, 3.05) is 20.7 Å². The van der Waals surface area contributed by atoms with Crippen LogP contribution in [0, 0.1) is 12.7 Å². The largest absolute Gasteiger partial charge is 0.496 e. The van der Waals surface area contributed by atoms with Gasteiger partial charge in [0, 0.05) is 19.2 Å². The number of hydrogen-bond donors (Lipinski definition) is 0. The van der Waals surface area contributed by atoms with Gasteiger partial charge in [0.05, 0.1) is 37.0 Å². The van der Waals surface area contributed by atoms with Crippen molar-refractivity contribution in [3.8, 4) is 10.8 Å². The standard InChI is InChI=1S/C23H21FN6O5S/c1-12-18-20(33)29(15-6-9-27(2)19(15)32)23(34)28(22(18)36-21(12)30-25-7-8-26-30)11-16(31)14-10-13(24)4-5-17(14)35-3/h4-5,7-8,10,15H,6,9,11H2,1-3H3/t15-/m0/s1. The fourth-order valence-electron chi connectivity index (χ4n) is 4.45. The summed E-state index contributed by atoms with van der Waals surface area (Å²) in [7, 11) is 2.95. The molecule has 1 saturated heterocycles. The maximum absolute atomic E-state index is 14.0. The lowest BCUT2D eigenvalue weighted by Crippen LogP contribution is -2.44. The van der Waals surface area contributed by atoms with Gasteiger partial charge in [-0.3, -0.25) is 19.0 Å². The highest BCUT2D eigenvalue weighted by Crippen LogP contribution is 2.31. The number of ketones is 1. The lowest BCUT2D eigenvalue weighted by atomic mass is 10.1. The second-order valence-corrected chi connectivity index (χ2v) is 9.38. The van der Waals surface area contributed by atoms with Crippen LogP contribution in [0.3, 0.4) is 0 Å². The molecule has 1 amide bonds. The quantitative estimate of drug-likeness (QED) is 0.359. The van der Waals surface area contributed by atoms with Gasteiger partial charge in [0.1, 0.15) is 27.4 Å². The van der Waals surface area contributed by atoms with Crippen molar-refractivity contribution >= 4 is 33.2 Å². The summed E-state index contributed by atoms with van der Waals surface area (Å²) in [5.74, 6) is -1.45. The third-order valence-electron chi connectivity index (χ3n) is 6.29.